The van der Waals surface area contributed by atoms with E-state index in [1.165, 1.54) is 19.3 Å². The van der Waals surface area contributed by atoms with Crippen molar-refractivity contribution in [2.24, 2.45) is 5.92 Å². The Labute approximate surface area is 107 Å². The summed E-state index contributed by atoms with van der Waals surface area (Å²) in [6.45, 7) is 2.96. The number of rotatable bonds is 4. The molecule has 98 valence electrons. The van der Waals surface area contributed by atoms with Crippen LogP contribution in [0.4, 0.5) is 5.82 Å². The summed E-state index contributed by atoms with van der Waals surface area (Å²) in [7, 11) is 0. The van der Waals surface area contributed by atoms with Crippen LogP contribution in [0.2, 0.25) is 0 Å². The van der Waals surface area contributed by atoms with Gasteiger partial charge in [0, 0.05) is 31.5 Å². The molecule has 5 heteroatoms. The minimum absolute atomic E-state index is 0.0756. The topological polar surface area (TPSA) is 61.0 Å². The second-order valence-electron chi connectivity index (χ2n) is 5.38. The van der Waals surface area contributed by atoms with Gasteiger partial charge in [-0.05, 0) is 38.1 Å². The van der Waals surface area contributed by atoms with E-state index in [1.54, 1.807) is 12.4 Å². The zero-order chi connectivity index (χ0) is 12.4. The number of hydrogen-bond donors (Lipinski definition) is 2. The van der Waals surface area contributed by atoms with Crippen LogP contribution in [0.3, 0.4) is 0 Å². The molecular weight excluding hydrogens is 228 g/mol. The molecule has 1 unspecified atom stereocenters. The highest BCUT2D eigenvalue weighted by Gasteiger charge is 2.25. The van der Waals surface area contributed by atoms with Gasteiger partial charge in [0.1, 0.15) is 0 Å². The Kier molecular flexibility index (Phi) is 3.32. The normalized spacial score (nSPS) is 24.2. The average molecular weight is 248 g/mol. The monoisotopic (exact) mass is 248 g/mol. The Morgan fingerprint density at radius 1 is 1.44 bits per heavy atom. The van der Waals surface area contributed by atoms with Crippen molar-refractivity contribution in [3.05, 3.63) is 22.7 Å². The maximum Gasteiger partial charge on any atom is 0.290 e. The van der Waals surface area contributed by atoms with Gasteiger partial charge in [-0.3, -0.25) is 4.79 Å². The SMILES string of the molecule is O=c1[nH]ccnc1N1CCCC(CNC2CC2)C1. The fourth-order valence-corrected chi connectivity index (χ4v) is 2.61. The number of hydrogen-bond acceptors (Lipinski definition) is 4. The number of aromatic amines is 1. The summed E-state index contributed by atoms with van der Waals surface area (Å²) >= 11 is 0. The van der Waals surface area contributed by atoms with E-state index in [0.717, 1.165) is 32.1 Å². The average Bonchev–Trinajstić information content (AvgIpc) is 3.21. The molecule has 2 N–H and O–H groups in total. The molecule has 2 heterocycles. The van der Waals surface area contributed by atoms with Crippen LogP contribution in [0.5, 0.6) is 0 Å². The third kappa shape index (κ3) is 2.72. The van der Waals surface area contributed by atoms with Crippen molar-refractivity contribution in [3.8, 4) is 0 Å². The first-order valence-corrected chi connectivity index (χ1v) is 6.85. The Bertz CT molecular complexity index is 454. The smallest absolute Gasteiger partial charge is 0.290 e. The Morgan fingerprint density at radius 2 is 2.33 bits per heavy atom. The summed E-state index contributed by atoms with van der Waals surface area (Å²) < 4.78 is 0. The molecule has 0 aromatic carbocycles. The lowest BCUT2D eigenvalue weighted by molar-refractivity contribution is 0.389. The van der Waals surface area contributed by atoms with Crippen molar-refractivity contribution < 1.29 is 0 Å². The van der Waals surface area contributed by atoms with E-state index in [9.17, 15) is 4.79 Å². The van der Waals surface area contributed by atoms with Gasteiger partial charge in [0.05, 0.1) is 0 Å². The van der Waals surface area contributed by atoms with Crippen molar-refractivity contribution in [2.75, 3.05) is 24.5 Å². The molecule has 1 aliphatic heterocycles. The zero-order valence-corrected chi connectivity index (χ0v) is 10.6. The van der Waals surface area contributed by atoms with Crippen LogP contribution >= 0.6 is 0 Å². The first-order chi connectivity index (χ1) is 8.83. The maximum atomic E-state index is 11.7. The van der Waals surface area contributed by atoms with E-state index in [2.05, 4.69) is 20.2 Å². The van der Waals surface area contributed by atoms with E-state index < -0.39 is 0 Å². The standard InChI is InChI=1S/C13H20N4O/c18-13-12(14-5-6-15-13)17-7-1-2-10(9-17)8-16-11-3-4-11/h5-6,10-11,16H,1-4,7-9H2,(H,15,18). The molecule has 1 aromatic rings. The van der Waals surface area contributed by atoms with Crippen LogP contribution in [0, 0.1) is 5.92 Å². The van der Waals surface area contributed by atoms with Crippen LogP contribution in [0.25, 0.3) is 0 Å². The molecule has 1 atom stereocenters. The highest BCUT2D eigenvalue weighted by Crippen LogP contribution is 2.22. The van der Waals surface area contributed by atoms with Crippen LogP contribution in [0.1, 0.15) is 25.7 Å². The quantitative estimate of drug-likeness (QED) is 0.825. The van der Waals surface area contributed by atoms with Crippen LogP contribution in [-0.2, 0) is 0 Å². The van der Waals surface area contributed by atoms with Crippen molar-refractivity contribution in [3.63, 3.8) is 0 Å². The molecule has 18 heavy (non-hydrogen) atoms. The molecule has 5 nitrogen and oxygen atoms in total. The number of H-pyrrole nitrogens is 1. The number of aromatic nitrogens is 2. The van der Waals surface area contributed by atoms with Crippen LogP contribution in [-0.4, -0.2) is 35.6 Å². The van der Waals surface area contributed by atoms with Gasteiger partial charge in [-0.25, -0.2) is 4.98 Å². The number of nitrogens with one attached hydrogen (secondary N) is 2. The minimum atomic E-state index is -0.0756. The number of anilines is 1. The molecule has 1 aliphatic carbocycles. The lowest BCUT2D eigenvalue weighted by Gasteiger charge is -2.33. The third-order valence-electron chi connectivity index (χ3n) is 3.78. The maximum absolute atomic E-state index is 11.7. The third-order valence-corrected chi connectivity index (χ3v) is 3.78. The van der Waals surface area contributed by atoms with Crippen molar-refractivity contribution in [1.29, 1.82) is 0 Å². The number of piperidine rings is 1. The van der Waals surface area contributed by atoms with Gasteiger partial charge >= 0.3 is 0 Å². The van der Waals surface area contributed by atoms with Crippen molar-refractivity contribution in [2.45, 2.75) is 31.7 Å². The van der Waals surface area contributed by atoms with Crippen molar-refractivity contribution >= 4 is 5.82 Å². The molecular formula is C13H20N4O. The predicted octanol–water partition coefficient (Wildman–Crippen LogP) is 0.738. The summed E-state index contributed by atoms with van der Waals surface area (Å²) in [5, 5.41) is 3.58. The summed E-state index contributed by atoms with van der Waals surface area (Å²) in [5.74, 6) is 1.22. The van der Waals surface area contributed by atoms with Crippen molar-refractivity contribution in [1.82, 2.24) is 15.3 Å². The molecule has 0 spiro atoms. The minimum Gasteiger partial charge on any atom is -0.352 e. The highest BCUT2D eigenvalue weighted by molar-refractivity contribution is 5.35. The van der Waals surface area contributed by atoms with Gasteiger partial charge in [-0.2, -0.15) is 0 Å². The number of nitrogens with zero attached hydrogens (tertiary/aromatic N) is 2. The molecule has 0 radical (unpaired) electrons. The molecule has 0 amide bonds. The lowest BCUT2D eigenvalue weighted by atomic mass is 9.98. The summed E-state index contributed by atoms with van der Waals surface area (Å²) in [5.41, 5.74) is -0.0756. The fraction of sp³-hybridized carbons (Fsp3) is 0.692. The van der Waals surface area contributed by atoms with E-state index in [-0.39, 0.29) is 5.56 Å². The second kappa shape index (κ2) is 5.10. The first kappa shape index (κ1) is 11.7. The molecule has 1 saturated carbocycles. The Hall–Kier alpha value is -1.36. The largest absolute Gasteiger partial charge is 0.352 e. The fourth-order valence-electron chi connectivity index (χ4n) is 2.61. The summed E-state index contributed by atoms with van der Waals surface area (Å²) in [6, 6.07) is 0.763. The predicted molar refractivity (Wildman–Crippen MR) is 70.8 cm³/mol. The second-order valence-corrected chi connectivity index (χ2v) is 5.38. The van der Waals surface area contributed by atoms with E-state index in [4.69, 9.17) is 0 Å². The summed E-state index contributed by atoms with van der Waals surface area (Å²) in [4.78, 5) is 20.8. The van der Waals surface area contributed by atoms with Gasteiger partial charge in [-0.1, -0.05) is 0 Å². The Morgan fingerprint density at radius 3 is 3.11 bits per heavy atom. The summed E-state index contributed by atoms with van der Waals surface area (Å²) in [6.07, 6.45) is 8.30. The molecule has 1 saturated heterocycles. The Balaban J connectivity index is 1.62. The van der Waals surface area contributed by atoms with E-state index in [1.807, 2.05) is 0 Å². The van der Waals surface area contributed by atoms with Gasteiger partial charge in [0.15, 0.2) is 5.82 Å². The first-order valence-electron chi connectivity index (χ1n) is 6.85. The van der Waals surface area contributed by atoms with E-state index in [0.29, 0.717) is 11.7 Å². The molecule has 2 fully saturated rings. The molecule has 1 aromatic heterocycles. The molecule has 0 bridgehead atoms. The zero-order valence-electron chi connectivity index (χ0n) is 10.6. The van der Waals surface area contributed by atoms with E-state index >= 15 is 0 Å². The molecule has 2 aliphatic rings. The van der Waals surface area contributed by atoms with Crippen LogP contribution < -0.4 is 15.8 Å². The molecule has 3 rings (SSSR count). The van der Waals surface area contributed by atoms with Crippen LogP contribution in [0.15, 0.2) is 17.2 Å². The lowest BCUT2D eigenvalue weighted by Crippen LogP contribution is -2.42. The van der Waals surface area contributed by atoms with Gasteiger partial charge in [0.2, 0.25) is 0 Å². The highest BCUT2D eigenvalue weighted by atomic mass is 16.1. The van der Waals surface area contributed by atoms with Gasteiger partial charge < -0.3 is 15.2 Å². The van der Waals surface area contributed by atoms with Gasteiger partial charge in [-0.15, -0.1) is 0 Å². The van der Waals surface area contributed by atoms with Gasteiger partial charge in [0.25, 0.3) is 5.56 Å².